The molecule has 0 saturated heterocycles. The molecule has 0 aliphatic heterocycles. The van der Waals surface area contributed by atoms with Crippen molar-refractivity contribution >= 4 is 11.9 Å². The first-order chi connectivity index (χ1) is 10.9. The van der Waals surface area contributed by atoms with Crippen LogP contribution in [0, 0.1) is 13.8 Å². The Morgan fingerprint density at radius 2 is 1.30 bits per heavy atom. The number of aliphatic carboxylic acids is 2. The highest BCUT2D eigenvalue weighted by atomic mass is 16.4. The van der Waals surface area contributed by atoms with E-state index in [4.69, 9.17) is 5.11 Å². The van der Waals surface area contributed by atoms with Gasteiger partial charge in [-0.1, -0.05) is 48.5 Å². The van der Waals surface area contributed by atoms with Gasteiger partial charge in [0.25, 0.3) is 0 Å². The van der Waals surface area contributed by atoms with Crippen LogP contribution in [0.15, 0.2) is 48.5 Å². The lowest BCUT2D eigenvalue weighted by Crippen LogP contribution is -2.39. The standard InChI is InChI=1S/C19H20O4/c1-13-7-3-5-9-15(13)19(18(22)23,12-11-17(20)21)16-10-6-4-8-14(16)2/h3-10H,11-12H2,1-2H3,(H,20,21)(H,22,23). The second-order valence-corrected chi connectivity index (χ2v) is 5.73. The van der Waals surface area contributed by atoms with Crippen LogP contribution in [0.5, 0.6) is 0 Å². The molecule has 120 valence electrons. The van der Waals surface area contributed by atoms with Crippen molar-refractivity contribution in [2.45, 2.75) is 32.1 Å². The largest absolute Gasteiger partial charge is 0.481 e. The Kier molecular flexibility index (Phi) is 4.84. The maximum atomic E-state index is 12.3. The second-order valence-electron chi connectivity index (χ2n) is 5.73. The van der Waals surface area contributed by atoms with E-state index in [0.29, 0.717) is 11.1 Å². The van der Waals surface area contributed by atoms with Gasteiger partial charge in [0.2, 0.25) is 0 Å². The molecule has 0 radical (unpaired) electrons. The van der Waals surface area contributed by atoms with E-state index in [1.165, 1.54) is 0 Å². The maximum Gasteiger partial charge on any atom is 0.318 e. The van der Waals surface area contributed by atoms with Crippen LogP contribution < -0.4 is 0 Å². The highest BCUT2D eigenvalue weighted by molar-refractivity contribution is 5.88. The first-order valence-corrected chi connectivity index (χ1v) is 7.47. The number of hydrogen-bond donors (Lipinski definition) is 2. The van der Waals surface area contributed by atoms with Gasteiger partial charge in [-0.05, 0) is 42.5 Å². The summed E-state index contributed by atoms with van der Waals surface area (Å²) >= 11 is 0. The normalized spacial score (nSPS) is 11.2. The molecule has 0 heterocycles. The van der Waals surface area contributed by atoms with E-state index in [2.05, 4.69) is 0 Å². The van der Waals surface area contributed by atoms with Crippen LogP contribution in [-0.4, -0.2) is 22.2 Å². The summed E-state index contributed by atoms with van der Waals surface area (Å²) in [6.07, 6.45) is -0.206. The molecular weight excluding hydrogens is 292 g/mol. The predicted octanol–water partition coefficient (Wildman–Crippen LogP) is 3.54. The fraction of sp³-hybridized carbons (Fsp3) is 0.263. The number of benzene rings is 2. The number of carboxylic acid groups (broad SMARTS) is 2. The molecule has 0 atom stereocenters. The molecule has 2 aromatic carbocycles. The summed E-state index contributed by atoms with van der Waals surface area (Å²) < 4.78 is 0. The number of carboxylic acids is 2. The van der Waals surface area contributed by atoms with Gasteiger partial charge in [-0.2, -0.15) is 0 Å². The Morgan fingerprint density at radius 3 is 1.65 bits per heavy atom. The summed E-state index contributed by atoms with van der Waals surface area (Å²) in [5.74, 6) is -2.03. The van der Waals surface area contributed by atoms with Crippen LogP contribution in [-0.2, 0) is 15.0 Å². The van der Waals surface area contributed by atoms with Crippen LogP contribution in [0.25, 0.3) is 0 Å². The van der Waals surface area contributed by atoms with Crippen molar-refractivity contribution in [1.29, 1.82) is 0 Å². The SMILES string of the molecule is Cc1ccccc1C(CCC(=O)O)(C(=O)O)c1ccccc1C. The smallest absolute Gasteiger partial charge is 0.318 e. The maximum absolute atomic E-state index is 12.3. The van der Waals surface area contributed by atoms with E-state index in [1.807, 2.05) is 38.1 Å². The lowest BCUT2D eigenvalue weighted by molar-refractivity contribution is -0.143. The Bertz CT molecular complexity index is 688. The Morgan fingerprint density at radius 1 is 0.870 bits per heavy atom. The summed E-state index contributed by atoms with van der Waals surface area (Å²) in [6.45, 7) is 3.71. The molecule has 2 aromatic rings. The molecular formula is C19H20O4. The summed E-state index contributed by atoms with van der Waals surface area (Å²) in [6, 6.07) is 14.5. The minimum absolute atomic E-state index is 0.00731. The quantitative estimate of drug-likeness (QED) is 0.855. The number of rotatable bonds is 6. The number of aryl methyl sites for hydroxylation is 2. The molecule has 2 rings (SSSR count). The summed E-state index contributed by atoms with van der Waals surface area (Å²) in [5, 5.41) is 19.2. The van der Waals surface area contributed by atoms with Gasteiger partial charge < -0.3 is 10.2 Å². The summed E-state index contributed by atoms with van der Waals surface area (Å²) in [5.41, 5.74) is 1.59. The predicted molar refractivity (Wildman–Crippen MR) is 87.6 cm³/mol. The van der Waals surface area contributed by atoms with Gasteiger partial charge in [0, 0.05) is 6.42 Å². The van der Waals surface area contributed by atoms with Gasteiger partial charge in [0.15, 0.2) is 0 Å². The Balaban J connectivity index is 2.76. The molecule has 0 aliphatic carbocycles. The first-order valence-electron chi connectivity index (χ1n) is 7.47. The van der Waals surface area contributed by atoms with Gasteiger partial charge in [-0.15, -0.1) is 0 Å². The van der Waals surface area contributed by atoms with E-state index in [1.54, 1.807) is 24.3 Å². The molecule has 4 heteroatoms. The van der Waals surface area contributed by atoms with E-state index in [9.17, 15) is 14.7 Å². The first kappa shape index (κ1) is 16.7. The minimum Gasteiger partial charge on any atom is -0.481 e. The summed E-state index contributed by atoms with van der Waals surface area (Å²) in [7, 11) is 0. The molecule has 0 spiro atoms. The van der Waals surface area contributed by atoms with Crippen molar-refractivity contribution in [2.75, 3.05) is 0 Å². The van der Waals surface area contributed by atoms with E-state index in [0.717, 1.165) is 11.1 Å². The van der Waals surface area contributed by atoms with Gasteiger partial charge in [-0.25, -0.2) is 0 Å². The van der Waals surface area contributed by atoms with Crippen molar-refractivity contribution in [3.05, 3.63) is 70.8 Å². The van der Waals surface area contributed by atoms with Gasteiger partial charge in [0.1, 0.15) is 5.41 Å². The lowest BCUT2D eigenvalue weighted by atomic mass is 9.68. The Labute approximate surface area is 135 Å². The second kappa shape index (κ2) is 6.65. The highest BCUT2D eigenvalue weighted by Gasteiger charge is 2.44. The van der Waals surface area contributed by atoms with E-state index < -0.39 is 17.4 Å². The fourth-order valence-electron chi connectivity index (χ4n) is 3.15. The average molecular weight is 312 g/mol. The summed E-state index contributed by atoms with van der Waals surface area (Å²) in [4.78, 5) is 23.5. The Hall–Kier alpha value is -2.62. The van der Waals surface area contributed by atoms with Crippen LogP contribution in [0.2, 0.25) is 0 Å². The zero-order valence-corrected chi connectivity index (χ0v) is 13.2. The highest BCUT2D eigenvalue weighted by Crippen LogP contribution is 2.40. The molecule has 4 nitrogen and oxygen atoms in total. The van der Waals surface area contributed by atoms with Crippen molar-refractivity contribution in [3.63, 3.8) is 0 Å². The molecule has 23 heavy (non-hydrogen) atoms. The molecule has 2 N–H and O–H groups in total. The van der Waals surface area contributed by atoms with Crippen molar-refractivity contribution in [3.8, 4) is 0 Å². The van der Waals surface area contributed by atoms with Crippen LogP contribution >= 0.6 is 0 Å². The third kappa shape index (κ3) is 3.11. The van der Waals surface area contributed by atoms with Gasteiger partial charge in [0.05, 0.1) is 0 Å². The third-order valence-corrected chi connectivity index (χ3v) is 4.29. The fourth-order valence-corrected chi connectivity index (χ4v) is 3.15. The molecule has 0 saturated carbocycles. The zero-order chi connectivity index (χ0) is 17.0. The van der Waals surface area contributed by atoms with Crippen LogP contribution in [0.3, 0.4) is 0 Å². The molecule has 0 unspecified atom stereocenters. The van der Waals surface area contributed by atoms with Crippen LogP contribution in [0.1, 0.15) is 35.1 Å². The van der Waals surface area contributed by atoms with Crippen molar-refractivity contribution in [1.82, 2.24) is 0 Å². The third-order valence-electron chi connectivity index (χ3n) is 4.29. The average Bonchev–Trinajstić information content (AvgIpc) is 2.50. The van der Waals surface area contributed by atoms with Crippen molar-refractivity contribution in [2.24, 2.45) is 0 Å². The zero-order valence-electron chi connectivity index (χ0n) is 13.2. The van der Waals surface area contributed by atoms with Crippen LogP contribution in [0.4, 0.5) is 0 Å². The molecule has 0 amide bonds. The van der Waals surface area contributed by atoms with E-state index >= 15 is 0 Å². The molecule has 0 bridgehead atoms. The van der Waals surface area contributed by atoms with Crippen molar-refractivity contribution < 1.29 is 19.8 Å². The number of carbonyl (C=O) groups is 2. The molecule has 0 aliphatic rings. The van der Waals surface area contributed by atoms with Gasteiger partial charge >= 0.3 is 11.9 Å². The molecule has 0 fully saturated rings. The monoisotopic (exact) mass is 312 g/mol. The topological polar surface area (TPSA) is 74.6 Å². The number of hydrogen-bond acceptors (Lipinski definition) is 2. The minimum atomic E-state index is -1.37. The van der Waals surface area contributed by atoms with E-state index in [-0.39, 0.29) is 12.8 Å². The lowest BCUT2D eigenvalue weighted by Gasteiger charge is -2.33. The van der Waals surface area contributed by atoms with Gasteiger partial charge in [-0.3, -0.25) is 9.59 Å². The molecule has 0 aromatic heterocycles.